The predicted molar refractivity (Wildman–Crippen MR) is 144 cm³/mol. The van der Waals surface area contributed by atoms with E-state index in [0.29, 0.717) is 5.56 Å². The van der Waals surface area contributed by atoms with Crippen LogP contribution in [0.5, 0.6) is 0 Å². The van der Waals surface area contributed by atoms with Crippen LogP contribution in [0.4, 0.5) is 5.69 Å². The number of rotatable bonds is 10. The number of benzene rings is 3. The number of unbranched alkanes of at least 4 members (excludes halogenated alkanes) is 2. The summed E-state index contributed by atoms with van der Waals surface area (Å²) in [5.41, 5.74) is 9.36. The number of carboxylic acids is 1. The predicted octanol–water partition coefficient (Wildman–Crippen LogP) is 7.68. The molecule has 1 aliphatic carbocycles. The first kappa shape index (κ1) is 24.3. The van der Waals surface area contributed by atoms with Gasteiger partial charge in [-0.2, -0.15) is 0 Å². The van der Waals surface area contributed by atoms with Crippen molar-refractivity contribution in [2.75, 3.05) is 18.0 Å². The van der Waals surface area contributed by atoms with E-state index in [1.54, 1.807) is 0 Å². The zero-order valence-corrected chi connectivity index (χ0v) is 20.6. The van der Waals surface area contributed by atoms with Crippen molar-refractivity contribution in [3.63, 3.8) is 0 Å². The van der Waals surface area contributed by atoms with E-state index in [2.05, 4.69) is 60.0 Å². The molecule has 0 radical (unpaired) electrons. The van der Waals surface area contributed by atoms with Crippen LogP contribution >= 0.6 is 0 Å². The lowest BCUT2D eigenvalue weighted by Gasteiger charge is -2.25. The Morgan fingerprint density at radius 2 is 1.51 bits per heavy atom. The van der Waals surface area contributed by atoms with Gasteiger partial charge in [-0.15, -0.1) is 0 Å². The molecule has 0 saturated carbocycles. The highest BCUT2D eigenvalue weighted by Gasteiger charge is 2.20. The van der Waals surface area contributed by atoms with E-state index >= 15 is 0 Å². The molecule has 35 heavy (non-hydrogen) atoms. The van der Waals surface area contributed by atoms with E-state index in [1.165, 1.54) is 59.7 Å². The summed E-state index contributed by atoms with van der Waals surface area (Å²) in [6, 6.07) is 21.3. The van der Waals surface area contributed by atoms with Crippen LogP contribution in [0.3, 0.4) is 0 Å². The van der Waals surface area contributed by atoms with E-state index < -0.39 is 5.97 Å². The van der Waals surface area contributed by atoms with Crippen molar-refractivity contribution in [2.45, 2.75) is 46.0 Å². The topological polar surface area (TPSA) is 44.9 Å². The van der Waals surface area contributed by atoms with E-state index in [4.69, 9.17) is 11.7 Å². The van der Waals surface area contributed by atoms with Crippen LogP contribution in [-0.4, -0.2) is 24.2 Å². The third-order valence-corrected chi connectivity index (χ3v) is 6.68. The number of carbonyl (C=O) groups is 1. The molecule has 0 fully saturated rings. The van der Waals surface area contributed by atoms with Gasteiger partial charge >= 0.3 is 5.97 Å². The van der Waals surface area contributed by atoms with Crippen LogP contribution in [0.2, 0.25) is 0 Å². The Bertz CT molecular complexity index is 1270. The molecule has 4 rings (SSSR count). The van der Waals surface area contributed by atoms with E-state index in [9.17, 15) is 4.79 Å². The van der Waals surface area contributed by atoms with Gasteiger partial charge in [0.2, 0.25) is 0 Å². The molecule has 0 saturated heterocycles. The molecule has 0 spiro atoms. The van der Waals surface area contributed by atoms with E-state index in [-0.39, 0.29) is 5.70 Å². The maximum absolute atomic E-state index is 11.1. The zero-order valence-electron chi connectivity index (χ0n) is 20.6. The minimum atomic E-state index is -1.20. The van der Waals surface area contributed by atoms with Gasteiger partial charge in [-0.05, 0) is 76.4 Å². The summed E-state index contributed by atoms with van der Waals surface area (Å²) in [5.74, 6) is -1.20. The lowest BCUT2D eigenvalue weighted by Crippen LogP contribution is -2.25. The van der Waals surface area contributed by atoms with Crippen LogP contribution in [0, 0.1) is 6.57 Å². The number of hydrogen-bond donors (Lipinski definition) is 1. The first-order chi connectivity index (χ1) is 17.0. The minimum Gasteiger partial charge on any atom is -0.486 e. The molecule has 3 aromatic carbocycles. The SMILES string of the molecule is [C-]#[N+]/C(=C\c1ccc(-c2ccc3c(c2)Cc2cc(N(CCCC)CCCC)ccc2-3)cc1)C(=O)O. The highest BCUT2D eigenvalue weighted by Crippen LogP contribution is 2.40. The summed E-state index contributed by atoms with van der Waals surface area (Å²) in [4.78, 5) is 16.7. The average molecular weight is 465 g/mol. The molecule has 1 aliphatic rings. The highest BCUT2D eigenvalue weighted by atomic mass is 16.4. The first-order valence-electron chi connectivity index (χ1n) is 12.5. The molecule has 3 aromatic rings. The van der Waals surface area contributed by atoms with Crippen molar-refractivity contribution >= 4 is 17.7 Å². The van der Waals surface area contributed by atoms with Gasteiger partial charge < -0.3 is 10.0 Å². The van der Waals surface area contributed by atoms with Gasteiger partial charge in [-0.3, -0.25) is 4.79 Å². The van der Waals surface area contributed by atoms with Gasteiger partial charge in [0, 0.05) is 18.8 Å². The fraction of sp³-hybridized carbons (Fsp3) is 0.290. The molecule has 0 aromatic heterocycles. The molecule has 1 N–H and O–H groups in total. The second-order valence-electron chi connectivity index (χ2n) is 9.15. The lowest BCUT2D eigenvalue weighted by atomic mass is 9.98. The summed E-state index contributed by atoms with van der Waals surface area (Å²) < 4.78 is 0. The monoisotopic (exact) mass is 464 g/mol. The molecule has 0 amide bonds. The van der Waals surface area contributed by atoms with Crippen molar-refractivity contribution in [3.05, 3.63) is 94.5 Å². The lowest BCUT2D eigenvalue weighted by molar-refractivity contribution is -0.132. The van der Waals surface area contributed by atoms with Crippen molar-refractivity contribution in [3.8, 4) is 22.3 Å². The number of carboxylic acid groups (broad SMARTS) is 1. The first-order valence-corrected chi connectivity index (χ1v) is 12.5. The third-order valence-electron chi connectivity index (χ3n) is 6.68. The van der Waals surface area contributed by atoms with Gasteiger partial charge in [-0.25, -0.2) is 4.85 Å². The summed E-state index contributed by atoms with van der Waals surface area (Å²) in [5, 5.41) is 9.07. The molecular weight excluding hydrogens is 432 g/mol. The number of nitrogens with zero attached hydrogens (tertiary/aromatic N) is 2. The van der Waals surface area contributed by atoms with Gasteiger partial charge in [-0.1, -0.05) is 75.2 Å². The van der Waals surface area contributed by atoms with Crippen molar-refractivity contribution in [2.24, 2.45) is 0 Å². The van der Waals surface area contributed by atoms with Crippen molar-refractivity contribution < 1.29 is 9.90 Å². The molecule has 4 nitrogen and oxygen atoms in total. The van der Waals surface area contributed by atoms with Crippen molar-refractivity contribution in [1.29, 1.82) is 0 Å². The molecule has 4 heteroatoms. The zero-order chi connectivity index (χ0) is 24.8. The van der Waals surface area contributed by atoms with Crippen LogP contribution in [-0.2, 0) is 11.2 Å². The highest BCUT2D eigenvalue weighted by molar-refractivity contribution is 5.94. The normalized spacial score (nSPS) is 12.1. The maximum atomic E-state index is 11.1. The van der Waals surface area contributed by atoms with Crippen LogP contribution in [0.15, 0.2) is 66.4 Å². The Balaban J connectivity index is 1.56. The standard InChI is InChI=1S/C31H32N2O2/c1-4-6-16-33(17-7-5-2)27-13-15-29-26(21-27)20-25-19-24(12-14-28(25)29)23-10-8-22(9-11-23)18-30(32-3)31(34)35/h8-15,18-19,21H,4-7,16-17,20H2,1-2H3,(H,34,35)/b30-18-. The van der Waals surface area contributed by atoms with Crippen LogP contribution < -0.4 is 4.90 Å². The average Bonchev–Trinajstić information content (AvgIpc) is 3.24. The fourth-order valence-corrected chi connectivity index (χ4v) is 4.71. The molecule has 178 valence electrons. The number of anilines is 1. The Hall–Kier alpha value is -3.84. The third kappa shape index (κ3) is 5.46. The summed E-state index contributed by atoms with van der Waals surface area (Å²) in [6.07, 6.45) is 7.19. The molecule has 0 heterocycles. The Morgan fingerprint density at radius 1 is 0.914 bits per heavy atom. The quantitative estimate of drug-likeness (QED) is 0.193. The van der Waals surface area contributed by atoms with Crippen LogP contribution in [0.25, 0.3) is 33.2 Å². The summed E-state index contributed by atoms with van der Waals surface area (Å²) in [6.45, 7) is 13.7. The molecule has 0 unspecified atom stereocenters. The Labute approximate surface area is 208 Å². The van der Waals surface area contributed by atoms with Crippen molar-refractivity contribution in [1.82, 2.24) is 0 Å². The Morgan fingerprint density at radius 3 is 2.11 bits per heavy atom. The second-order valence-corrected chi connectivity index (χ2v) is 9.15. The minimum absolute atomic E-state index is 0.282. The smallest absolute Gasteiger partial charge is 0.333 e. The van der Waals surface area contributed by atoms with E-state index in [1.807, 2.05) is 24.3 Å². The van der Waals surface area contributed by atoms with Gasteiger partial charge in [0.25, 0.3) is 5.70 Å². The number of fused-ring (bicyclic) bond motifs is 3. The molecule has 0 atom stereocenters. The molecule has 0 bridgehead atoms. The molecular formula is C31H32N2O2. The van der Waals surface area contributed by atoms with Gasteiger partial charge in [0.15, 0.2) is 0 Å². The summed E-state index contributed by atoms with van der Waals surface area (Å²) in [7, 11) is 0. The number of hydrogen-bond acceptors (Lipinski definition) is 2. The summed E-state index contributed by atoms with van der Waals surface area (Å²) >= 11 is 0. The van der Waals surface area contributed by atoms with Crippen LogP contribution in [0.1, 0.15) is 56.2 Å². The van der Waals surface area contributed by atoms with E-state index in [0.717, 1.165) is 30.6 Å². The second kappa shape index (κ2) is 11.1. The Kier molecular flexibility index (Phi) is 7.67. The largest absolute Gasteiger partial charge is 0.486 e. The number of aliphatic carboxylic acids is 1. The maximum Gasteiger partial charge on any atom is 0.333 e. The molecule has 0 aliphatic heterocycles. The van der Waals surface area contributed by atoms with Gasteiger partial charge in [0.05, 0.1) is 6.57 Å². The van der Waals surface area contributed by atoms with Gasteiger partial charge in [0.1, 0.15) is 0 Å². The fourth-order valence-electron chi connectivity index (χ4n) is 4.71.